The molecule has 0 aromatic carbocycles. The van der Waals surface area contributed by atoms with Crippen molar-refractivity contribution in [2.75, 3.05) is 12.3 Å². The molecule has 1 fully saturated rings. The highest BCUT2D eigenvalue weighted by Gasteiger charge is 2.32. The molecule has 0 saturated heterocycles. The Morgan fingerprint density at radius 1 is 1.40 bits per heavy atom. The van der Waals surface area contributed by atoms with Crippen molar-refractivity contribution in [1.82, 2.24) is 10.3 Å². The maximum Gasteiger partial charge on any atom is 0.128 e. The Kier molecular flexibility index (Phi) is 5.03. The van der Waals surface area contributed by atoms with Gasteiger partial charge < -0.3 is 11.1 Å². The SMILES string of the molecule is CCCNC(c1cccnc1N)C1CCC(C)(C)CC1. The summed E-state index contributed by atoms with van der Waals surface area (Å²) in [6.45, 7) is 8.02. The van der Waals surface area contributed by atoms with Gasteiger partial charge in [-0.05, 0) is 56.0 Å². The lowest BCUT2D eigenvalue weighted by Gasteiger charge is -2.38. The molecule has 1 unspecified atom stereocenters. The predicted octanol–water partition coefficient (Wildman–Crippen LogP) is 3.92. The molecule has 3 nitrogen and oxygen atoms in total. The number of nitrogens with two attached hydrogens (primary N) is 1. The van der Waals surface area contributed by atoms with E-state index < -0.39 is 0 Å². The molecule has 1 heterocycles. The second-order valence-corrected chi connectivity index (χ2v) is 6.91. The highest BCUT2D eigenvalue weighted by Crippen LogP contribution is 2.43. The Hall–Kier alpha value is -1.09. The van der Waals surface area contributed by atoms with Crippen molar-refractivity contribution in [2.45, 2.75) is 58.9 Å². The van der Waals surface area contributed by atoms with Crippen LogP contribution in [0.2, 0.25) is 0 Å². The molecule has 1 saturated carbocycles. The maximum atomic E-state index is 6.10. The van der Waals surface area contributed by atoms with Crippen LogP contribution in [0.4, 0.5) is 5.82 Å². The summed E-state index contributed by atoms with van der Waals surface area (Å²) in [7, 11) is 0. The van der Waals surface area contributed by atoms with Gasteiger partial charge in [0.15, 0.2) is 0 Å². The van der Waals surface area contributed by atoms with Crippen LogP contribution < -0.4 is 11.1 Å². The van der Waals surface area contributed by atoms with Crippen molar-refractivity contribution in [2.24, 2.45) is 11.3 Å². The van der Waals surface area contributed by atoms with Crippen LogP contribution in [0.15, 0.2) is 18.3 Å². The second-order valence-electron chi connectivity index (χ2n) is 6.91. The monoisotopic (exact) mass is 275 g/mol. The molecule has 2 rings (SSSR count). The molecule has 0 amide bonds. The molecule has 0 bridgehead atoms. The van der Waals surface area contributed by atoms with E-state index in [9.17, 15) is 0 Å². The number of hydrogen-bond acceptors (Lipinski definition) is 3. The normalized spacial score (nSPS) is 20.8. The maximum absolute atomic E-state index is 6.10. The molecule has 0 spiro atoms. The fourth-order valence-electron chi connectivity index (χ4n) is 3.28. The minimum atomic E-state index is 0.361. The molecule has 3 heteroatoms. The van der Waals surface area contributed by atoms with Crippen LogP contribution in [-0.4, -0.2) is 11.5 Å². The van der Waals surface area contributed by atoms with Gasteiger partial charge in [-0.1, -0.05) is 26.8 Å². The lowest BCUT2D eigenvalue weighted by atomic mass is 9.70. The molecule has 0 aliphatic heterocycles. The Bertz CT molecular complexity index is 418. The van der Waals surface area contributed by atoms with Crippen LogP contribution in [0, 0.1) is 11.3 Å². The molecule has 20 heavy (non-hydrogen) atoms. The van der Waals surface area contributed by atoms with Gasteiger partial charge in [-0.3, -0.25) is 0 Å². The molecule has 1 atom stereocenters. The molecular weight excluding hydrogens is 246 g/mol. The van der Waals surface area contributed by atoms with E-state index in [1.165, 1.54) is 31.2 Å². The van der Waals surface area contributed by atoms with Gasteiger partial charge in [-0.25, -0.2) is 4.98 Å². The highest BCUT2D eigenvalue weighted by atomic mass is 14.9. The van der Waals surface area contributed by atoms with E-state index in [1.54, 1.807) is 6.20 Å². The molecular formula is C17H29N3. The smallest absolute Gasteiger partial charge is 0.128 e. The number of pyridine rings is 1. The number of aromatic nitrogens is 1. The van der Waals surface area contributed by atoms with Gasteiger partial charge in [0.1, 0.15) is 5.82 Å². The first-order valence-corrected chi connectivity index (χ1v) is 7.97. The lowest BCUT2D eigenvalue weighted by molar-refractivity contribution is 0.161. The summed E-state index contributed by atoms with van der Waals surface area (Å²) < 4.78 is 0. The molecule has 0 radical (unpaired) electrons. The van der Waals surface area contributed by atoms with E-state index in [1.807, 2.05) is 6.07 Å². The van der Waals surface area contributed by atoms with Gasteiger partial charge in [0.05, 0.1) is 0 Å². The largest absolute Gasteiger partial charge is 0.383 e. The fourth-order valence-corrected chi connectivity index (χ4v) is 3.28. The average molecular weight is 275 g/mol. The standard InChI is InChI=1S/C17H29N3/c1-4-11-19-15(14-6-5-12-20-16(14)18)13-7-9-17(2,3)10-8-13/h5-6,12-13,15,19H,4,7-11H2,1-3H3,(H2,18,20). The van der Waals surface area contributed by atoms with Crippen molar-refractivity contribution >= 4 is 5.82 Å². The van der Waals surface area contributed by atoms with Crippen LogP contribution in [-0.2, 0) is 0 Å². The van der Waals surface area contributed by atoms with Gasteiger partial charge in [0.2, 0.25) is 0 Å². The Labute approximate surface area is 123 Å². The Morgan fingerprint density at radius 3 is 2.70 bits per heavy atom. The molecule has 1 aromatic heterocycles. The van der Waals surface area contributed by atoms with Gasteiger partial charge in [-0.15, -0.1) is 0 Å². The van der Waals surface area contributed by atoms with Crippen molar-refractivity contribution in [3.63, 3.8) is 0 Å². The van der Waals surface area contributed by atoms with E-state index in [4.69, 9.17) is 5.73 Å². The Balaban J connectivity index is 2.14. The first-order chi connectivity index (χ1) is 9.53. The van der Waals surface area contributed by atoms with E-state index in [2.05, 4.69) is 37.1 Å². The summed E-state index contributed by atoms with van der Waals surface area (Å²) in [5.41, 5.74) is 7.79. The van der Waals surface area contributed by atoms with Crippen LogP contribution in [0.3, 0.4) is 0 Å². The van der Waals surface area contributed by atoms with Crippen molar-refractivity contribution in [3.05, 3.63) is 23.9 Å². The molecule has 3 N–H and O–H groups in total. The van der Waals surface area contributed by atoms with Crippen LogP contribution in [0.25, 0.3) is 0 Å². The van der Waals surface area contributed by atoms with E-state index in [0.29, 0.717) is 23.2 Å². The van der Waals surface area contributed by atoms with E-state index in [0.717, 1.165) is 13.0 Å². The van der Waals surface area contributed by atoms with Crippen LogP contribution >= 0.6 is 0 Å². The summed E-state index contributed by atoms with van der Waals surface area (Å²) in [6, 6.07) is 4.49. The molecule has 112 valence electrons. The Morgan fingerprint density at radius 2 is 2.10 bits per heavy atom. The predicted molar refractivity (Wildman–Crippen MR) is 85.4 cm³/mol. The average Bonchev–Trinajstić information content (AvgIpc) is 2.42. The van der Waals surface area contributed by atoms with Crippen molar-refractivity contribution < 1.29 is 0 Å². The van der Waals surface area contributed by atoms with Gasteiger partial charge in [0, 0.05) is 17.8 Å². The zero-order chi connectivity index (χ0) is 14.6. The molecule has 1 aliphatic carbocycles. The topological polar surface area (TPSA) is 50.9 Å². The molecule has 1 aliphatic rings. The summed E-state index contributed by atoms with van der Waals surface area (Å²) in [5, 5.41) is 3.70. The second kappa shape index (κ2) is 6.57. The first-order valence-electron chi connectivity index (χ1n) is 7.97. The van der Waals surface area contributed by atoms with Gasteiger partial charge in [-0.2, -0.15) is 0 Å². The quantitative estimate of drug-likeness (QED) is 0.856. The summed E-state index contributed by atoms with van der Waals surface area (Å²) >= 11 is 0. The fraction of sp³-hybridized carbons (Fsp3) is 0.706. The zero-order valence-electron chi connectivity index (χ0n) is 13.2. The first kappa shape index (κ1) is 15.3. The minimum Gasteiger partial charge on any atom is -0.383 e. The minimum absolute atomic E-state index is 0.361. The number of hydrogen-bond donors (Lipinski definition) is 2. The number of nitrogens with zero attached hydrogens (tertiary/aromatic N) is 1. The van der Waals surface area contributed by atoms with Gasteiger partial charge in [0.25, 0.3) is 0 Å². The summed E-state index contributed by atoms with van der Waals surface area (Å²) in [6.07, 6.45) is 8.10. The van der Waals surface area contributed by atoms with Crippen molar-refractivity contribution in [3.8, 4) is 0 Å². The highest BCUT2D eigenvalue weighted by molar-refractivity contribution is 5.41. The van der Waals surface area contributed by atoms with Crippen LogP contribution in [0.5, 0.6) is 0 Å². The third-order valence-electron chi connectivity index (χ3n) is 4.68. The summed E-state index contributed by atoms with van der Waals surface area (Å²) in [5.74, 6) is 1.37. The van der Waals surface area contributed by atoms with Gasteiger partial charge >= 0.3 is 0 Å². The number of rotatable bonds is 5. The van der Waals surface area contributed by atoms with E-state index in [-0.39, 0.29) is 0 Å². The summed E-state index contributed by atoms with van der Waals surface area (Å²) in [4.78, 5) is 4.27. The zero-order valence-corrected chi connectivity index (χ0v) is 13.2. The number of nitrogens with one attached hydrogen (secondary N) is 1. The third-order valence-corrected chi connectivity index (χ3v) is 4.68. The number of nitrogen functional groups attached to an aromatic ring is 1. The van der Waals surface area contributed by atoms with E-state index >= 15 is 0 Å². The van der Waals surface area contributed by atoms with Crippen molar-refractivity contribution in [1.29, 1.82) is 0 Å². The third kappa shape index (κ3) is 3.72. The molecule has 1 aromatic rings. The lowest BCUT2D eigenvalue weighted by Crippen LogP contribution is -2.33. The number of anilines is 1. The van der Waals surface area contributed by atoms with Crippen LogP contribution in [0.1, 0.15) is 64.5 Å².